The van der Waals surface area contributed by atoms with Crippen molar-refractivity contribution in [3.8, 4) is 6.07 Å². The first-order valence-corrected chi connectivity index (χ1v) is 10.8. The zero-order valence-corrected chi connectivity index (χ0v) is 18.0. The Morgan fingerprint density at radius 3 is 2.72 bits per heavy atom. The van der Waals surface area contributed by atoms with Crippen LogP contribution in [0.5, 0.6) is 0 Å². The van der Waals surface area contributed by atoms with Gasteiger partial charge in [-0.25, -0.2) is 0 Å². The first-order valence-electron chi connectivity index (χ1n) is 10.0. The van der Waals surface area contributed by atoms with Crippen molar-refractivity contribution in [3.63, 3.8) is 0 Å². The lowest BCUT2D eigenvalue weighted by Crippen LogP contribution is -2.44. The molecule has 5 atom stereocenters. The van der Waals surface area contributed by atoms with Crippen LogP contribution in [0.1, 0.15) is 61.8 Å². The Labute approximate surface area is 181 Å². The van der Waals surface area contributed by atoms with Crippen molar-refractivity contribution in [1.82, 2.24) is 10.3 Å². The summed E-state index contributed by atoms with van der Waals surface area (Å²) in [5.41, 5.74) is 2.11. The SMILES string of the molecule is CC[C@@]12CC[C@@H](c3ccc(C#N)cc3Cl)[C@H](c3ccc(Cl)cn3)[C@@H]1[C@@H](C)NC2=O. The fourth-order valence-corrected chi connectivity index (χ4v) is 6.07. The molecule has 1 N–H and O–H groups in total. The molecule has 29 heavy (non-hydrogen) atoms. The van der Waals surface area contributed by atoms with Gasteiger partial charge in [-0.3, -0.25) is 9.78 Å². The Morgan fingerprint density at radius 1 is 1.31 bits per heavy atom. The van der Waals surface area contributed by atoms with E-state index in [-0.39, 0.29) is 35.1 Å². The normalized spacial score (nSPS) is 31.1. The standard InChI is InChI=1S/C23H23Cl2N3O/c1-3-23-9-8-17(16-6-4-14(11-26)10-18(16)25)20(19-7-5-15(24)12-27-19)21(23)13(2)28-22(23)29/h4-7,10,12-13,17,20-21H,3,8-9H2,1-2H3,(H,28,29)/t13-,17+,20-,21+,23-/m1/s1. The van der Waals surface area contributed by atoms with Crippen molar-refractivity contribution in [2.45, 2.75) is 51.0 Å². The van der Waals surface area contributed by atoms with Gasteiger partial charge in [-0.15, -0.1) is 0 Å². The molecule has 1 saturated heterocycles. The monoisotopic (exact) mass is 427 g/mol. The van der Waals surface area contributed by atoms with Crippen molar-refractivity contribution < 1.29 is 4.79 Å². The van der Waals surface area contributed by atoms with Crippen LogP contribution < -0.4 is 5.32 Å². The number of nitrogens with one attached hydrogen (secondary N) is 1. The molecule has 1 saturated carbocycles. The van der Waals surface area contributed by atoms with Crippen molar-refractivity contribution in [2.24, 2.45) is 11.3 Å². The molecule has 0 bridgehead atoms. The lowest BCUT2D eigenvalue weighted by atomic mass is 9.55. The number of carbonyl (C=O) groups excluding carboxylic acids is 1. The minimum absolute atomic E-state index is 0.0281. The molecule has 1 amide bonds. The third-order valence-corrected chi connectivity index (χ3v) is 7.51. The van der Waals surface area contributed by atoms with Gasteiger partial charge in [0.05, 0.1) is 22.1 Å². The molecule has 1 aliphatic heterocycles. The Kier molecular flexibility index (Phi) is 5.31. The predicted molar refractivity (Wildman–Crippen MR) is 114 cm³/mol. The highest BCUT2D eigenvalue weighted by atomic mass is 35.5. The molecule has 150 valence electrons. The van der Waals surface area contributed by atoms with E-state index in [2.05, 4.69) is 30.2 Å². The van der Waals surface area contributed by atoms with Gasteiger partial charge in [0.2, 0.25) is 5.91 Å². The number of rotatable bonds is 3. The average Bonchev–Trinajstić information content (AvgIpc) is 2.98. The number of nitriles is 1. The van der Waals surface area contributed by atoms with E-state index < -0.39 is 0 Å². The number of amides is 1. The predicted octanol–water partition coefficient (Wildman–Crippen LogP) is 5.45. The van der Waals surface area contributed by atoms with Crippen molar-refractivity contribution in [1.29, 1.82) is 5.26 Å². The summed E-state index contributed by atoms with van der Waals surface area (Å²) >= 11 is 12.7. The maximum Gasteiger partial charge on any atom is 0.226 e. The minimum atomic E-state index is -0.388. The number of fused-ring (bicyclic) bond motifs is 1. The van der Waals surface area contributed by atoms with Crippen LogP contribution in [0, 0.1) is 22.7 Å². The van der Waals surface area contributed by atoms with E-state index in [0.717, 1.165) is 30.5 Å². The number of benzene rings is 1. The summed E-state index contributed by atoms with van der Waals surface area (Å²) in [4.78, 5) is 17.6. The third kappa shape index (κ3) is 3.21. The number of halogens is 2. The molecule has 2 fully saturated rings. The van der Waals surface area contributed by atoms with Crippen LogP contribution in [-0.2, 0) is 4.79 Å². The third-order valence-electron chi connectivity index (χ3n) is 6.96. The van der Waals surface area contributed by atoms with Crippen LogP contribution in [-0.4, -0.2) is 16.9 Å². The highest BCUT2D eigenvalue weighted by Gasteiger charge is 2.59. The van der Waals surface area contributed by atoms with Gasteiger partial charge in [-0.1, -0.05) is 36.2 Å². The molecule has 6 heteroatoms. The van der Waals surface area contributed by atoms with Crippen LogP contribution in [0.25, 0.3) is 0 Å². The summed E-state index contributed by atoms with van der Waals surface area (Å²) in [7, 11) is 0. The number of nitrogens with zero attached hydrogens (tertiary/aromatic N) is 2. The lowest BCUT2D eigenvalue weighted by molar-refractivity contribution is -0.131. The van der Waals surface area contributed by atoms with Crippen molar-refractivity contribution in [2.75, 3.05) is 0 Å². The van der Waals surface area contributed by atoms with Gasteiger partial charge in [0.1, 0.15) is 0 Å². The first-order chi connectivity index (χ1) is 13.9. The van der Waals surface area contributed by atoms with Crippen molar-refractivity contribution in [3.05, 3.63) is 63.4 Å². The summed E-state index contributed by atoms with van der Waals surface area (Å²) in [6.45, 7) is 4.19. The maximum atomic E-state index is 13.0. The number of aromatic nitrogens is 1. The zero-order chi connectivity index (χ0) is 20.8. The van der Waals surface area contributed by atoms with Gasteiger partial charge in [-0.05, 0) is 61.9 Å². The smallest absolute Gasteiger partial charge is 0.226 e. The van der Waals surface area contributed by atoms with E-state index in [4.69, 9.17) is 23.2 Å². The average molecular weight is 428 g/mol. The largest absolute Gasteiger partial charge is 0.353 e. The van der Waals surface area contributed by atoms with E-state index >= 15 is 0 Å². The lowest BCUT2D eigenvalue weighted by Gasteiger charge is -2.47. The molecule has 1 aromatic carbocycles. The Bertz CT molecular complexity index is 985. The molecule has 0 spiro atoms. The van der Waals surface area contributed by atoms with E-state index in [1.165, 1.54) is 0 Å². The number of pyridine rings is 1. The fraction of sp³-hybridized carbons (Fsp3) is 0.435. The molecule has 4 nitrogen and oxygen atoms in total. The van der Waals surface area contributed by atoms with Crippen LogP contribution in [0.15, 0.2) is 36.5 Å². The number of hydrogen-bond donors (Lipinski definition) is 1. The Hall–Kier alpha value is -2.09. The highest BCUT2D eigenvalue weighted by molar-refractivity contribution is 6.31. The highest BCUT2D eigenvalue weighted by Crippen LogP contribution is 2.60. The quantitative estimate of drug-likeness (QED) is 0.707. The van der Waals surface area contributed by atoms with Gasteiger partial charge in [-0.2, -0.15) is 5.26 Å². The Morgan fingerprint density at radius 2 is 2.10 bits per heavy atom. The van der Waals surface area contributed by atoms with Crippen LogP contribution in [0.4, 0.5) is 0 Å². The number of carbonyl (C=O) groups is 1. The van der Waals surface area contributed by atoms with Gasteiger partial charge >= 0.3 is 0 Å². The molecule has 1 aliphatic carbocycles. The van der Waals surface area contributed by atoms with Gasteiger partial charge in [0.25, 0.3) is 0 Å². The van der Waals surface area contributed by atoms with Crippen LogP contribution in [0.3, 0.4) is 0 Å². The maximum absolute atomic E-state index is 13.0. The van der Waals surface area contributed by atoms with Gasteiger partial charge in [0, 0.05) is 34.8 Å². The second-order valence-corrected chi connectivity index (χ2v) is 9.06. The molecule has 2 heterocycles. The van der Waals surface area contributed by atoms with Crippen molar-refractivity contribution >= 4 is 29.1 Å². The van der Waals surface area contributed by atoms with E-state index in [1.54, 1.807) is 12.3 Å². The van der Waals surface area contributed by atoms with E-state index in [0.29, 0.717) is 15.6 Å². The summed E-state index contributed by atoms with van der Waals surface area (Å²) in [5, 5.41) is 13.6. The molecule has 0 unspecified atom stereocenters. The molecule has 4 rings (SSSR count). The van der Waals surface area contributed by atoms with E-state index in [9.17, 15) is 10.1 Å². The van der Waals surface area contributed by atoms with Gasteiger partial charge in [0.15, 0.2) is 0 Å². The molecule has 1 aromatic heterocycles. The first kappa shape index (κ1) is 20.2. The van der Waals surface area contributed by atoms with Gasteiger partial charge < -0.3 is 5.32 Å². The minimum Gasteiger partial charge on any atom is -0.353 e. The molecule has 2 aliphatic rings. The second kappa shape index (κ2) is 7.63. The summed E-state index contributed by atoms with van der Waals surface area (Å²) < 4.78 is 0. The number of hydrogen-bond acceptors (Lipinski definition) is 3. The molecule has 2 aromatic rings. The second-order valence-electron chi connectivity index (χ2n) is 8.22. The molecular weight excluding hydrogens is 405 g/mol. The topological polar surface area (TPSA) is 65.8 Å². The van der Waals surface area contributed by atoms with Crippen LogP contribution >= 0.6 is 23.2 Å². The summed E-state index contributed by atoms with van der Waals surface area (Å²) in [6.07, 6.45) is 4.12. The molecular formula is C23H23Cl2N3O. The Balaban J connectivity index is 1.86. The zero-order valence-electron chi connectivity index (χ0n) is 16.5. The fourth-order valence-electron chi connectivity index (χ4n) is 5.64. The molecule has 0 radical (unpaired) electrons. The van der Waals surface area contributed by atoms with Crippen LogP contribution in [0.2, 0.25) is 10.0 Å². The summed E-state index contributed by atoms with van der Waals surface area (Å²) in [5.74, 6) is 0.407. The summed E-state index contributed by atoms with van der Waals surface area (Å²) in [6, 6.07) is 11.5. The van der Waals surface area contributed by atoms with E-state index in [1.807, 2.05) is 24.3 Å².